The molecule has 3 aromatic heterocycles. The monoisotopic (exact) mass is 430 g/mol. The highest BCUT2D eigenvalue weighted by Gasteiger charge is 2.34. The first-order valence-corrected chi connectivity index (χ1v) is 10.6. The van der Waals surface area contributed by atoms with E-state index in [1.165, 1.54) is 16.8 Å². The zero-order valence-electron chi connectivity index (χ0n) is 17.4. The van der Waals surface area contributed by atoms with Crippen molar-refractivity contribution < 1.29 is 9.53 Å². The minimum absolute atomic E-state index is 0.191. The van der Waals surface area contributed by atoms with Crippen LogP contribution < -0.4 is 10.3 Å². The Bertz CT molecular complexity index is 1300. The number of nitrogens with zero attached hydrogens (tertiary/aromatic N) is 6. The van der Waals surface area contributed by atoms with Crippen LogP contribution in [0.4, 0.5) is 0 Å². The van der Waals surface area contributed by atoms with Gasteiger partial charge in [0.1, 0.15) is 18.1 Å². The number of pyridine rings is 1. The highest BCUT2D eigenvalue weighted by Crippen LogP contribution is 2.32. The molecule has 0 saturated carbocycles. The number of benzene rings is 1. The molecule has 1 amide bonds. The SMILES string of the molecule is O=C(c1ccc(=O)n(CCOc2ccccc2)n1)N1CCCC1c1nnc2ccccn12. The van der Waals surface area contributed by atoms with Crippen molar-refractivity contribution >= 4 is 11.6 Å². The number of ether oxygens (including phenoxy) is 1. The molecule has 1 aromatic carbocycles. The topological polar surface area (TPSA) is 94.6 Å². The van der Waals surface area contributed by atoms with E-state index in [4.69, 9.17) is 4.74 Å². The van der Waals surface area contributed by atoms with E-state index in [0.29, 0.717) is 12.3 Å². The number of hydrogen-bond donors (Lipinski definition) is 0. The molecule has 162 valence electrons. The van der Waals surface area contributed by atoms with E-state index in [1.54, 1.807) is 4.90 Å². The van der Waals surface area contributed by atoms with E-state index in [2.05, 4.69) is 15.3 Å². The summed E-state index contributed by atoms with van der Waals surface area (Å²) in [6.07, 6.45) is 3.56. The average molecular weight is 430 g/mol. The van der Waals surface area contributed by atoms with Crippen LogP contribution in [0, 0.1) is 0 Å². The fraction of sp³-hybridized carbons (Fsp3) is 0.261. The Balaban J connectivity index is 1.34. The largest absolute Gasteiger partial charge is 0.492 e. The molecule has 1 unspecified atom stereocenters. The highest BCUT2D eigenvalue weighted by atomic mass is 16.5. The van der Waals surface area contributed by atoms with Gasteiger partial charge in [0.25, 0.3) is 11.5 Å². The van der Waals surface area contributed by atoms with Gasteiger partial charge in [0.05, 0.1) is 12.6 Å². The highest BCUT2D eigenvalue weighted by molar-refractivity contribution is 5.92. The fourth-order valence-corrected chi connectivity index (χ4v) is 4.00. The summed E-state index contributed by atoms with van der Waals surface area (Å²) in [5.74, 6) is 1.22. The maximum Gasteiger partial charge on any atom is 0.274 e. The van der Waals surface area contributed by atoms with Gasteiger partial charge in [0.15, 0.2) is 11.5 Å². The van der Waals surface area contributed by atoms with Crippen LogP contribution in [-0.4, -0.2) is 48.3 Å². The van der Waals surface area contributed by atoms with Crippen LogP contribution in [0.25, 0.3) is 5.65 Å². The number of likely N-dealkylation sites (tertiary alicyclic amines) is 1. The van der Waals surface area contributed by atoms with Crippen molar-refractivity contribution in [3.63, 3.8) is 0 Å². The van der Waals surface area contributed by atoms with Crippen LogP contribution in [0.3, 0.4) is 0 Å². The standard InChI is InChI=1S/C23H22N6O3/c30-21-12-11-18(26-29(21)15-16-32-17-7-2-1-3-8-17)23(31)27-14-6-9-19(27)22-25-24-20-10-4-5-13-28(20)22/h1-5,7-8,10-13,19H,6,9,14-16H2. The van der Waals surface area contributed by atoms with E-state index in [-0.39, 0.29) is 36.4 Å². The molecule has 0 bridgehead atoms. The Morgan fingerprint density at radius 1 is 1.03 bits per heavy atom. The number of para-hydroxylation sites is 1. The van der Waals surface area contributed by atoms with Crippen molar-refractivity contribution in [3.05, 3.63) is 88.7 Å². The molecule has 5 rings (SSSR count). The predicted molar refractivity (Wildman–Crippen MR) is 116 cm³/mol. The van der Waals surface area contributed by atoms with Gasteiger partial charge in [-0.15, -0.1) is 10.2 Å². The summed E-state index contributed by atoms with van der Waals surface area (Å²) in [6, 6.07) is 17.7. The second kappa shape index (κ2) is 8.62. The second-order valence-electron chi connectivity index (χ2n) is 7.59. The normalized spacial score (nSPS) is 15.9. The van der Waals surface area contributed by atoms with Gasteiger partial charge in [-0.05, 0) is 43.2 Å². The molecular formula is C23H22N6O3. The Hall–Kier alpha value is -4.01. The molecule has 0 N–H and O–H groups in total. The number of carbonyl (C=O) groups is 1. The van der Waals surface area contributed by atoms with Crippen LogP contribution in [-0.2, 0) is 6.54 Å². The molecule has 9 heteroatoms. The lowest BCUT2D eigenvalue weighted by atomic mass is 10.2. The summed E-state index contributed by atoms with van der Waals surface area (Å²) in [7, 11) is 0. The molecule has 1 saturated heterocycles. The Morgan fingerprint density at radius 2 is 1.88 bits per heavy atom. The number of aromatic nitrogens is 5. The third kappa shape index (κ3) is 3.84. The van der Waals surface area contributed by atoms with Crippen LogP contribution in [0.5, 0.6) is 5.75 Å². The van der Waals surface area contributed by atoms with Gasteiger partial charge in [0, 0.05) is 18.8 Å². The van der Waals surface area contributed by atoms with Crippen molar-refractivity contribution in [2.75, 3.05) is 13.2 Å². The number of hydrogen-bond acceptors (Lipinski definition) is 6. The summed E-state index contributed by atoms with van der Waals surface area (Å²) in [5, 5.41) is 12.9. The van der Waals surface area contributed by atoms with E-state index in [1.807, 2.05) is 59.1 Å². The van der Waals surface area contributed by atoms with Crippen molar-refractivity contribution in [1.29, 1.82) is 0 Å². The van der Waals surface area contributed by atoms with Crippen molar-refractivity contribution in [1.82, 2.24) is 29.3 Å². The van der Waals surface area contributed by atoms with Gasteiger partial charge in [-0.25, -0.2) is 4.68 Å². The molecule has 1 atom stereocenters. The molecule has 1 aliphatic heterocycles. The van der Waals surface area contributed by atoms with E-state index < -0.39 is 0 Å². The lowest BCUT2D eigenvalue weighted by molar-refractivity contribution is 0.0720. The minimum atomic E-state index is -0.278. The van der Waals surface area contributed by atoms with Crippen molar-refractivity contribution in [2.45, 2.75) is 25.4 Å². The second-order valence-corrected chi connectivity index (χ2v) is 7.59. The lowest BCUT2D eigenvalue weighted by Crippen LogP contribution is -2.34. The molecule has 4 aromatic rings. The number of rotatable bonds is 6. The summed E-state index contributed by atoms with van der Waals surface area (Å²) in [4.78, 5) is 27.3. The molecule has 1 aliphatic rings. The summed E-state index contributed by atoms with van der Waals surface area (Å²) in [5.41, 5.74) is 0.691. The first-order chi connectivity index (χ1) is 15.7. The smallest absolute Gasteiger partial charge is 0.274 e. The Labute approximate surface area is 183 Å². The number of carbonyl (C=O) groups excluding carboxylic acids is 1. The lowest BCUT2D eigenvalue weighted by Gasteiger charge is -2.23. The third-order valence-corrected chi connectivity index (χ3v) is 5.55. The molecular weight excluding hydrogens is 408 g/mol. The first kappa shape index (κ1) is 19.9. The van der Waals surface area contributed by atoms with Crippen LogP contribution in [0.1, 0.15) is 35.2 Å². The average Bonchev–Trinajstić information content (AvgIpc) is 3.47. The molecule has 32 heavy (non-hydrogen) atoms. The van der Waals surface area contributed by atoms with E-state index >= 15 is 0 Å². The number of amides is 1. The predicted octanol–water partition coefficient (Wildman–Crippen LogP) is 2.34. The maximum absolute atomic E-state index is 13.3. The van der Waals surface area contributed by atoms with E-state index in [0.717, 1.165) is 24.3 Å². The molecule has 4 heterocycles. The van der Waals surface area contributed by atoms with Gasteiger partial charge in [-0.2, -0.15) is 5.10 Å². The number of fused-ring (bicyclic) bond motifs is 1. The quantitative estimate of drug-likeness (QED) is 0.466. The zero-order chi connectivity index (χ0) is 21.9. The zero-order valence-corrected chi connectivity index (χ0v) is 17.4. The van der Waals surface area contributed by atoms with Crippen molar-refractivity contribution in [3.8, 4) is 5.75 Å². The minimum Gasteiger partial charge on any atom is -0.492 e. The third-order valence-electron chi connectivity index (χ3n) is 5.55. The van der Waals surface area contributed by atoms with Crippen LogP contribution in [0.2, 0.25) is 0 Å². The summed E-state index contributed by atoms with van der Waals surface area (Å²) < 4.78 is 8.84. The van der Waals surface area contributed by atoms with E-state index in [9.17, 15) is 9.59 Å². The molecule has 1 fully saturated rings. The van der Waals surface area contributed by atoms with Crippen molar-refractivity contribution in [2.24, 2.45) is 0 Å². The Morgan fingerprint density at radius 3 is 2.75 bits per heavy atom. The van der Waals surface area contributed by atoms with Gasteiger partial charge in [0.2, 0.25) is 0 Å². The first-order valence-electron chi connectivity index (χ1n) is 10.6. The summed E-state index contributed by atoms with van der Waals surface area (Å²) >= 11 is 0. The molecule has 0 aliphatic carbocycles. The molecule has 0 radical (unpaired) electrons. The Kier molecular flexibility index (Phi) is 5.37. The summed E-state index contributed by atoms with van der Waals surface area (Å²) in [6.45, 7) is 1.11. The van der Waals surface area contributed by atoms with Gasteiger partial charge >= 0.3 is 0 Å². The maximum atomic E-state index is 13.3. The van der Waals surface area contributed by atoms with Crippen LogP contribution in [0.15, 0.2) is 71.7 Å². The van der Waals surface area contributed by atoms with Gasteiger partial charge in [-0.3, -0.25) is 14.0 Å². The molecule has 9 nitrogen and oxygen atoms in total. The van der Waals surface area contributed by atoms with Crippen LogP contribution >= 0.6 is 0 Å². The van der Waals surface area contributed by atoms with Gasteiger partial charge < -0.3 is 9.64 Å². The molecule has 0 spiro atoms. The fourth-order valence-electron chi connectivity index (χ4n) is 4.00. The van der Waals surface area contributed by atoms with Gasteiger partial charge in [-0.1, -0.05) is 24.3 Å².